The number of hydrogen-bond acceptors (Lipinski definition) is 5. The third-order valence-corrected chi connectivity index (χ3v) is 5.94. The summed E-state index contributed by atoms with van der Waals surface area (Å²) in [5.41, 5.74) is 0.751. The molecule has 0 unspecified atom stereocenters. The lowest BCUT2D eigenvalue weighted by Crippen LogP contribution is -2.32. The first kappa shape index (κ1) is 25.1. The molecule has 5 rings (SSSR count). The van der Waals surface area contributed by atoms with Gasteiger partial charge >= 0.3 is 6.18 Å². The van der Waals surface area contributed by atoms with Gasteiger partial charge in [0.1, 0.15) is 12.4 Å². The first-order chi connectivity index (χ1) is 18.4. The fourth-order valence-corrected chi connectivity index (χ4v) is 4.13. The van der Waals surface area contributed by atoms with Crippen molar-refractivity contribution in [2.24, 2.45) is 0 Å². The van der Waals surface area contributed by atoms with E-state index < -0.39 is 23.2 Å². The molecule has 0 aliphatic carbocycles. The number of halogens is 3. The maximum atomic E-state index is 13.7. The molecule has 0 saturated carbocycles. The summed E-state index contributed by atoms with van der Waals surface area (Å²) in [6, 6.07) is 22.7. The fourth-order valence-electron chi connectivity index (χ4n) is 4.13. The molecule has 0 atom stereocenters. The highest BCUT2D eigenvalue weighted by molar-refractivity contribution is 5.95. The van der Waals surface area contributed by atoms with Gasteiger partial charge in [-0.2, -0.15) is 13.2 Å². The molecule has 38 heavy (non-hydrogen) atoms. The second-order valence-electron chi connectivity index (χ2n) is 8.65. The van der Waals surface area contributed by atoms with E-state index in [4.69, 9.17) is 14.2 Å². The smallest absolute Gasteiger partial charge is 0.417 e. The summed E-state index contributed by atoms with van der Waals surface area (Å²) < 4.78 is 57.7. The van der Waals surface area contributed by atoms with Crippen LogP contribution in [0.4, 0.5) is 13.2 Å². The summed E-state index contributed by atoms with van der Waals surface area (Å²) >= 11 is 0. The fraction of sp³-hybridized carbons (Fsp3) is 0.172. The lowest BCUT2D eigenvalue weighted by Gasteiger charge is -2.24. The molecule has 0 spiro atoms. The zero-order valence-corrected chi connectivity index (χ0v) is 20.1. The number of ether oxygens (including phenoxy) is 3. The van der Waals surface area contributed by atoms with E-state index in [0.29, 0.717) is 28.5 Å². The summed E-state index contributed by atoms with van der Waals surface area (Å²) in [6.45, 7) is 0.551. The second-order valence-corrected chi connectivity index (χ2v) is 8.65. The summed E-state index contributed by atoms with van der Waals surface area (Å²) in [7, 11) is 0. The van der Waals surface area contributed by atoms with Crippen molar-refractivity contribution in [2.45, 2.75) is 25.9 Å². The van der Waals surface area contributed by atoms with Gasteiger partial charge in [-0.1, -0.05) is 36.4 Å². The number of benzene rings is 3. The van der Waals surface area contributed by atoms with Crippen molar-refractivity contribution < 1.29 is 32.2 Å². The Balaban J connectivity index is 1.36. The molecule has 0 saturated heterocycles. The van der Waals surface area contributed by atoms with Crippen LogP contribution in [0.1, 0.15) is 32.7 Å². The minimum absolute atomic E-state index is 0.0359. The van der Waals surface area contributed by atoms with Crippen LogP contribution >= 0.6 is 0 Å². The molecule has 1 aromatic heterocycles. The lowest BCUT2D eigenvalue weighted by atomic mass is 10.0. The number of amides is 1. The minimum atomic E-state index is -4.66. The second kappa shape index (κ2) is 10.8. The van der Waals surface area contributed by atoms with E-state index >= 15 is 0 Å². The quantitative estimate of drug-likeness (QED) is 0.275. The highest BCUT2D eigenvalue weighted by atomic mass is 19.4. The van der Waals surface area contributed by atoms with Crippen LogP contribution in [0.3, 0.4) is 0 Å². The van der Waals surface area contributed by atoms with Gasteiger partial charge < -0.3 is 19.1 Å². The largest absolute Gasteiger partial charge is 0.489 e. The van der Waals surface area contributed by atoms with Crippen LogP contribution in [0.5, 0.6) is 17.2 Å². The van der Waals surface area contributed by atoms with Gasteiger partial charge in [0.2, 0.25) is 6.79 Å². The molecular formula is C29H23F3N2O4. The van der Waals surface area contributed by atoms with Gasteiger partial charge in [0.15, 0.2) is 11.5 Å². The van der Waals surface area contributed by atoms with Crippen LogP contribution in [0.2, 0.25) is 0 Å². The Hall–Kier alpha value is -4.53. The first-order valence-electron chi connectivity index (χ1n) is 11.8. The van der Waals surface area contributed by atoms with E-state index in [9.17, 15) is 18.0 Å². The number of fused-ring (bicyclic) bond motifs is 1. The molecule has 9 heteroatoms. The molecule has 1 aliphatic heterocycles. The molecule has 1 aliphatic rings. The number of pyridine rings is 1. The molecule has 1 amide bonds. The van der Waals surface area contributed by atoms with Crippen LogP contribution in [0.25, 0.3) is 0 Å². The van der Waals surface area contributed by atoms with Gasteiger partial charge in [-0.3, -0.25) is 9.78 Å². The highest BCUT2D eigenvalue weighted by Gasteiger charge is 2.36. The standard InChI is InChI=1S/C29H23F3N2O4/c30-29(31,32)25-10-2-1-9-24(25)28(35)34(17-22-7-3-4-13-33-22)16-20-6-5-8-23(14-20)36-18-21-11-12-26-27(15-21)38-19-37-26/h1-15H,16-19H2. The van der Waals surface area contributed by atoms with Crippen LogP contribution < -0.4 is 14.2 Å². The zero-order chi connectivity index (χ0) is 26.5. The predicted molar refractivity (Wildman–Crippen MR) is 133 cm³/mol. The van der Waals surface area contributed by atoms with Crippen molar-refractivity contribution in [1.82, 2.24) is 9.88 Å². The van der Waals surface area contributed by atoms with E-state index in [0.717, 1.165) is 11.6 Å². The van der Waals surface area contributed by atoms with Crippen molar-refractivity contribution in [3.05, 3.63) is 119 Å². The van der Waals surface area contributed by atoms with E-state index in [-0.39, 0.29) is 26.5 Å². The van der Waals surface area contributed by atoms with Gasteiger partial charge in [0, 0.05) is 12.7 Å². The third kappa shape index (κ3) is 5.88. The molecule has 6 nitrogen and oxygen atoms in total. The first-order valence-corrected chi connectivity index (χ1v) is 11.8. The van der Waals surface area contributed by atoms with Crippen LogP contribution in [-0.4, -0.2) is 22.6 Å². The highest BCUT2D eigenvalue weighted by Crippen LogP contribution is 2.34. The number of carbonyl (C=O) groups is 1. The molecular weight excluding hydrogens is 497 g/mol. The topological polar surface area (TPSA) is 60.9 Å². The molecule has 4 aromatic rings. The SMILES string of the molecule is O=C(c1ccccc1C(F)(F)F)N(Cc1cccc(OCc2ccc3c(c2)OCO3)c1)Cc1ccccn1. The Labute approximate surface area is 217 Å². The van der Waals surface area contributed by atoms with Crippen molar-refractivity contribution in [3.63, 3.8) is 0 Å². The van der Waals surface area contributed by atoms with Crippen LogP contribution in [0.15, 0.2) is 91.1 Å². The Morgan fingerprint density at radius 2 is 1.68 bits per heavy atom. The summed E-state index contributed by atoms with van der Waals surface area (Å²) in [6.07, 6.45) is -3.09. The Kier molecular flexibility index (Phi) is 7.17. The van der Waals surface area contributed by atoms with E-state index in [1.54, 1.807) is 48.7 Å². The molecule has 194 valence electrons. The number of alkyl halides is 3. The number of hydrogen-bond donors (Lipinski definition) is 0. The number of carbonyl (C=O) groups excluding carboxylic acids is 1. The normalized spacial score (nSPS) is 12.3. The van der Waals surface area contributed by atoms with Gasteiger partial charge in [-0.05, 0) is 59.7 Å². The molecule has 0 fully saturated rings. The van der Waals surface area contributed by atoms with Gasteiger partial charge in [-0.15, -0.1) is 0 Å². The Bertz CT molecular complexity index is 1430. The van der Waals surface area contributed by atoms with Crippen molar-refractivity contribution in [2.75, 3.05) is 6.79 Å². The van der Waals surface area contributed by atoms with Crippen molar-refractivity contribution in [1.29, 1.82) is 0 Å². The summed E-state index contributed by atoms with van der Waals surface area (Å²) in [5, 5.41) is 0. The molecule has 0 radical (unpaired) electrons. The Morgan fingerprint density at radius 1 is 0.868 bits per heavy atom. The van der Waals surface area contributed by atoms with E-state index in [1.165, 1.54) is 23.1 Å². The van der Waals surface area contributed by atoms with E-state index in [2.05, 4.69) is 4.98 Å². The monoisotopic (exact) mass is 520 g/mol. The molecule has 3 aromatic carbocycles. The average molecular weight is 521 g/mol. The van der Waals surface area contributed by atoms with E-state index in [1.807, 2.05) is 18.2 Å². The predicted octanol–water partition coefficient (Wildman–Crippen LogP) is 6.25. The molecule has 0 N–H and O–H groups in total. The average Bonchev–Trinajstić information content (AvgIpc) is 3.40. The van der Waals surface area contributed by atoms with Crippen LogP contribution in [-0.2, 0) is 25.9 Å². The third-order valence-electron chi connectivity index (χ3n) is 5.94. The van der Waals surface area contributed by atoms with Crippen molar-refractivity contribution in [3.8, 4) is 17.2 Å². The zero-order valence-electron chi connectivity index (χ0n) is 20.1. The molecule has 0 bridgehead atoms. The Morgan fingerprint density at radius 3 is 2.50 bits per heavy atom. The number of aromatic nitrogens is 1. The maximum absolute atomic E-state index is 13.7. The van der Waals surface area contributed by atoms with Gasteiger partial charge in [0.05, 0.1) is 23.4 Å². The minimum Gasteiger partial charge on any atom is -0.489 e. The van der Waals surface area contributed by atoms with Gasteiger partial charge in [-0.25, -0.2) is 0 Å². The van der Waals surface area contributed by atoms with Crippen molar-refractivity contribution >= 4 is 5.91 Å². The number of nitrogens with zero attached hydrogens (tertiary/aromatic N) is 2. The molecule has 2 heterocycles. The van der Waals surface area contributed by atoms with Crippen LogP contribution in [0, 0.1) is 0 Å². The summed E-state index contributed by atoms with van der Waals surface area (Å²) in [5.74, 6) is 1.15. The lowest BCUT2D eigenvalue weighted by molar-refractivity contribution is -0.138. The van der Waals surface area contributed by atoms with Gasteiger partial charge in [0.25, 0.3) is 5.91 Å². The summed E-state index contributed by atoms with van der Waals surface area (Å²) in [4.78, 5) is 19.1. The number of rotatable bonds is 8. The maximum Gasteiger partial charge on any atom is 0.417 e.